The Hall–Kier alpha value is -1.92. The Morgan fingerprint density at radius 3 is 2.92 bits per heavy atom. The monoisotopic (exact) mass is 345 g/mol. The third-order valence-electron chi connectivity index (χ3n) is 4.39. The molecule has 0 bridgehead atoms. The summed E-state index contributed by atoms with van der Waals surface area (Å²) in [6.07, 6.45) is 1.85. The summed E-state index contributed by atoms with van der Waals surface area (Å²) in [6.45, 7) is 3.23. The van der Waals surface area contributed by atoms with Crippen molar-refractivity contribution in [1.29, 1.82) is 0 Å². The minimum Gasteiger partial charge on any atom is -0.375 e. The van der Waals surface area contributed by atoms with E-state index in [9.17, 15) is 4.79 Å². The third kappa shape index (κ3) is 3.76. The van der Waals surface area contributed by atoms with Gasteiger partial charge in [0, 0.05) is 25.6 Å². The number of nitrogens with zero attached hydrogens (tertiary/aromatic N) is 2. The molecular weight excluding hydrogens is 322 g/mol. The Kier molecular flexibility index (Phi) is 5.48. The quantitative estimate of drug-likeness (QED) is 0.899. The Morgan fingerprint density at radius 2 is 2.25 bits per heavy atom. The van der Waals surface area contributed by atoms with Crippen molar-refractivity contribution in [1.82, 2.24) is 15.2 Å². The van der Waals surface area contributed by atoms with Crippen LogP contribution in [0.3, 0.4) is 0 Å². The van der Waals surface area contributed by atoms with Gasteiger partial charge in [0.05, 0.1) is 22.8 Å². The van der Waals surface area contributed by atoms with Gasteiger partial charge < -0.3 is 15.0 Å². The molecule has 0 radical (unpaired) electrons. The van der Waals surface area contributed by atoms with E-state index >= 15 is 0 Å². The average molecular weight is 345 g/mol. The number of urea groups is 1. The number of methoxy groups -OCH3 is 1. The molecule has 1 aromatic carbocycles. The van der Waals surface area contributed by atoms with Gasteiger partial charge in [0.15, 0.2) is 0 Å². The molecule has 1 aliphatic rings. The highest BCUT2D eigenvalue weighted by molar-refractivity contribution is 7.09. The van der Waals surface area contributed by atoms with Gasteiger partial charge in [-0.05, 0) is 25.3 Å². The molecule has 6 heteroatoms. The fourth-order valence-corrected chi connectivity index (χ4v) is 3.80. The predicted molar refractivity (Wildman–Crippen MR) is 95.1 cm³/mol. The highest BCUT2D eigenvalue weighted by Crippen LogP contribution is 2.32. The second-order valence-corrected chi connectivity index (χ2v) is 7.03. The Morgan fingerprint density at radius 1 is 1.46 bits per heavy atom. The Bertz CT molecular complexity index is 674. The van der Waals surface area contributed by atoms with Gasteiger partial charge in [-0.25, -0.2) is 9.78 Å². The zero-order chi connectivity index (χ0) is 16.9. The summed E-state index contributed by atoms with van der Waals surface area (Å²) in [5, 5.41) is 6.12. The summed E-state index contributed by atoms with van der Waals surface area (Å²) >= 11 is 1.63. The van der Waals surface area contributed by atoms with Crippen LogP contribution >= 0.6 is 11.3 Å². The molecule has 2 amide bonds. The van der Waals surface area contributed by atoms with Crippen LogP contribution in [0.4, 0.5) is 4.79 Å². The first-order valence-corrected chi connectivity index (χ1v) is 9.11. The average Bonchev–Trinajstić information content (AvgIpc) is 3.25. The lowest BCUT2D eigenvalue weighted by atomic mass is 10.1. The van der Waals surface area contributed by atoms with Gasteiger partial charge in [0.2, 0.25) is 0 Å². The van der Waals surface area contributed by atoms with Crippen LogP contribution in [0.25, 0.3) is 0 Å². The maximum atomic E-state index is 12.6. The van der Waals surface area contributed by atoms with E-state index in [1.807, 2.05) is 42.2 Å². The molecule has 1 saturated heterocycles. The van der Waals surface area contributed by atoms with Gasteiger partial charge in [0.1, 0.15) is 0 Å². The van der Waals surface area contributed by atoms with Crippen LogP contribution in [0.2, 0.25) is 0 Å². The normalized spacial score (nSPS) is 18.6. The van der Waals surface area contributed by atoms with Gasteiger partial charge in [-0.1, -0.05) is 30.3 Å². The number of likely N-dealkylation sites (tertiary alicyclic amines) is 1. The van der Waals surface area contributed by atoms with Crippen LogP contribution in [0.5, 0.6) is 0 Å². The number of hydrogen-bond acceptors (Lipinski definition) is 4. The van der Waals surface area contributed by atoms with Crippen molar-refractivity contribution in [3.8, 4) is 0 Å². The Balaban J connectivity index is 1.61. The molecule has 0 saturated carbocycles. The van der Waals surface area contributed by atoms with Gasteiger partial charge in [-0.3, -0.25) is 0 Å². The van der Waals surface area contributed by atoms with Crippen LogP contribution in [-0.4, -0.2) is 36.1 Å². The molecule has 128 valence electrons. The lowest BCUT2D eigenvalue weighted by Crippen LogP contribution is -2.41. The van der Waals surface area contributed by atoms with Gasteiger partial charge in [-0.2, -0.15) is 0 Å². The van der Waals surface area contributed by atoms with Crippen molar-refractivity contribution in [2.24, 2.45) is 0 Å². The molecule has 5 nitrogen and oxygen atoms in total. The van der Waals surface area contributed by atoms with E-state index in [2.05, 4.69) is 15.7 Å². The van der Waals surface area contributed by atoms with Gasteiger partial charge >= 0.3 is 6.03 Å². The molecule has 1 N–H and O–H groups in total. The predicted octanol–water partition coefficient (Wildman–Crippen LogP) is 3.69. The molecule has 2 heterocycles. The van der Waals surface area contributed by atoms with E-state index in [1.54, 1.807) is 18.4 Å². The summed E-state index contributed by atoms with van der Waals surface area (Å²) in [5.41, 5.74) is 2.07. The van der Waals surface area contributed by atoms with Crippen LogP contribution in [-0.2, 0) is 4.74 Å². The molecule has 0 unspecified atom stereocenters. The molecule has 3 rings (SSSR count). The topological polar surface area (TPSA) is 54.5 Å². The van der Waals surface area contributed by atoms with Gasteiger partial charge in [-0.15, -0.1) is 11.3 Å². The number of rotatable bonds is 5. The lowest BCUT2D eigenvalue weighted by molar-refractivity contribution is 0.101. The molecule has 24 heavy (non-hydrogen) atoms. The van der Waals surface area contributed by atoms with Crippen molar-refractivity contribution >= 4 is 17.4 Å². The molecule has 2 atom stereocenters. The van der Waals surface area contributed by atoms with Gasteiger partial charge in [0.25, 0.3) is 0 Å². The van der Waals surface area contributed by atoms with Crippen molar-refractivity contribution < 1.29 is 9.53 Å². The largest absolute Gasteiger partial charge is 0.375 e. The third-order valence-corrected chi connectivity index (χ3v) is 5.18. The fraction of sp³-hybridized carbons (Fsp3) is 0.444. The minimum atomic E-state index is -0.141. The first-order chi connectivity index (χ1) is 11.7. The number of aromatic nitrogens is 1. The van der Waals surface area contributed by atoms with E-state index < -0.39 is 0 Å². The molecule has 1 aromatic heterocycles. The van der Waals surface area contributed by atoms with Crippen LogP contribution in [0, 0.1) is 6.92 Å². The van der Waals surface area contributed by atoms with Crippen molar-refractivity contribution in [2.45, 2.75) is 31.9 Å². The zero-order valence-corrected chi connectivity index (χ0v) is 14.9. The molecular formula is C18H23N3O2S. The van der Waals surface area contributed by atoms with Crippen LogP contribution in [0.15, 0.2) is 35.7 Å². The fourth-order valence-electron chi connectivity index (χ4n) is 3.14. The minimum absolute atomic E-state index is 0.0406. The summed E-state index contributed by atoms with van der Waals surface area (Å²) in [5.74, 6) is 0. The maximum Gasteiger partial charge on any atom is 0.318 e. The first-order valence-electron chi connectivity index (χ1n) is 8.23. The smallest absolute Gasteiger partial charge is 0.318 e. The lowest BCUT2D eigenvalue weighted by Gasteiger charge is -2.25. The summed E-state index contributed by atoms with van der Waals surface area (Å²) in [7, 11) is 1.67. The maximum absolute atomic E-state index is 12.6. The highest BCUT2D eigenvalue weighted by atomic mass is 32.1. The Labute approximate surface area is 146 Å². The number of carbonyl (C=O) groups excluding carboxylic acids is 1. The van der Waals surface area contributed by atoms with E-state index in [1.165, 1.54) is 0 Å². The number of hydrogen-bond donors (Lipinski definition) is 1. The van der Waals surface area contributed by atoms with E-state index in [0.29, 0.717) is 6.54 Å². The van der Waals surface area contributed by atoms with E-state index in [-0.39, 0.29) is 18.2 Å². The highest BCUT2D eigenvalue weighted by Gasteiger charge is 2.31. The van der Waals surface area contributed by atoms with E-state index in [0.717, 1.165) is 35.7 Å². The zero-order valence-electron chi connectivity index (χ0n) is 14.1. The number of amides is 2. The number of nitrogens with one attached hydrogen (secondary N) is 1. The van der Waals surface area contributed by atoms with Crippen molar-refractivity contribution in [3.05, 3.63) is 52.0 Å². The van der Waals surface area contributed by atoms with Crippen molar-refractivity contribution in [3.63, 3.8) is 0 Å². The summed E-state index contributed by atoms with van der Waals surface area (Å²) < 4.78 is 5.52. The number of ether oxygens (including phenoxy) is 1. The summed E-state index contributed by atoms with van der Waals surface area (Å²) in [6, 6.07) is 10.00. The molecule has 2 aromatic rings. The van der Waals surface area contributed by atoms with Crippen LogP contribution < -0.4 is 5.32 Å². The van der Waals surface area contributed by atoms with Crippen LogP contribution in [0.1, 0.15) is 41.3 Å². The standard InChI is InChI=1S/C18H23N3O2S/c1-13-20-15(12-24-13)16-9-6-10-21(16)18(22)19-11-17(23-2)14-7-4-3-5-8-14/h3-5,7-8,12,16-17H,6,9-11H2,1-2H3,(H,19,22)/t16-,17+/m1/s1. The van der Waals surface area contributed by atoms with Crippen molar-refractivity contribution in [2.75, 3.05) is 20.2 Å². The molecule has 0 aliphatic carbocycles. The SMILES string of the molecule is CO[C@@H](CNC(=O)N1CCC[C@@H]1c1csc(C)n1)c1ccccc1. The van der Waals surface area contributed by atoms with E-state index in [4.69, 9.17) is 4.74 Å². The molecule has 1 fully saturated rings. The second-order valence-electron chi connectivity index (χ2n) is 5.96. The number of thiazole rings is 1. The number of aryl methyl sites for hydroxylation is 1. The first kappa shape index (κ1) is 16.9. The summed E-state index contributed by atoms with van der Waals surface area (Å²) in [4.78, 5) is 19.1. The molecule has 0 spiro atoms. The second kappa shape index (κ2) is 7.77. The number of benzene rings is 1. The number of carbonyl (C=O) groups is 1. The molecule has 1 aliphatic heterocycles.